The van der Waals surface area contributed by atoms with Gasteiger partial charge in [-0.3, -0.25) is 19.4 Å². The maximum atomic E-state index is 12.0. The first-order valence-corrected chi connectivity index (χ1v) is 7.76. The van der Waals surface area contributed by atoms with Crippen LogP contribution in [-0.2, 0) is 16.6 Å². The molecule has 0 aromatic carbocycles. The molecule has 2 aromatic rings. The maximum Gasteiger partial charge on any atom is 0.248 e. The first-order chi connectivity index (χ1) is 11.2. The molecule has 1 atom stereocenters. The van der Waals surface area contributed by atoms with Crippen molar-refractivity contribution in [1.82, 2.24) is 24.6 Å². The van der Waals surface area contributed by atoms with Crippen LogP contribution < -0.4 is 0 Å². The summed E-state index contributed by atoms with van der Waals surface area (Å²) in [5, 5.41) is 4.14. The fourth-order valence-corrected chi connectivity index (χ4v) is 2.97. The average molecular weight is 315 g/mol. The van der Waals surface area contributed by atoms with Crippen LogP contribution in [0.3, 0.4) is 0 Å². The molecule has 1 fully saturated rings. The molecule has 1 aliphatic rings. The van der Waals surface area contributed by atoms with Crippen LogP contribution in [-0.4, -0.2) is 57.4 Å². The zero-order valence-corrected chi connectivity index (χ0v) is 13.5. The summed E-state index contributed by atoms with van der Waals surface area (Å²) in [4.78, 5) is 22.9. The number of hydrogen-bond acceptors (Lipinski definition) is 5. The molecule has 0 bridgehead atoms. The Bertz CT molecular complexity index is 667. The van der Waals surface area contributed by atoms with Crippen molar-refractivity contribution in [2.45, 2.75) is 18.8 Å². The Kier molecular flexibility index (Phi) is 4.66. The highest BCUT2D eigenvalue weighted by Gasteiger charge is 2.25. The Balaban J connectivity index is 1.72. The lowest BCUT2D eigenvalue weighted by Crippen LogP contribution is -2.41. The Morgan fingerprint density at radius 1 is 1.39 bits per heavy atom. The Hall–Kier alpha value is -2.28. The van der Waals surface area contributed by atoms with Crippen LogP contribution in [0.15, 0.2) is 24.7 Å². The predicted octanol–water partition coefficient (Wildman–Crippen LogP) is 1.23. The molecule has 0 radical (unpaired) electrons. The number of rotatable bonds is 4. The predicted molar refractivity (Wildman–Crippen MR) is 84.7 cm³/mol. The van der Waals surface area contributed by atoms with Crippen LogP contribution in [0.4, 0.5) is 0 Å². The van der Waals surface area contributed by atoms with E-state index >= 15 is 0 Å². The minimum Gasteiger partial charge on any atom is -0.375 e. The van der Waals surface area contributed by atoms with E-state index in [0.717, 1.165) is 36.5 Å². The maximum absolute atomic E-state index is 12.0. The summed E-state index contributed by atoms with van der Waals surface area (Å²) in [5.74, 6) is 0.273. The van der Waals surface area contributed by atoms with Crippen LogP contribution in [0.25, 0.3) is 11.4 Å². The van der Waals surface area contributed by atoms with E-state index in [4.69, 9.17) is 4.74 Å². The first-order valence-electron chi connectivity index (χ1n) is 7.76. The summed E-state index contributed by atoms with van der Waals surface area (Å²) >= 11 is 0. The summed E-state index contributed by atoms with van der Waals surface area (Å²) in [7, 11) is 3.42. The third kappa shape index (κ3) is 3.39. The average Bonchev–Trinajstić information content (AvgIpc) is 3.01. The molecule has 1 amide bonds. The lowest BCUT2D eigenvalue weighted by molar-refractivity contribution is -0.136. The van der Waals surface area contributed by atoms with Crippen molar-refractivity contribution in [2.75, 3.05) is 26.8 Å². The molecule has 2 aromatic heterocycles. The molecular weight excluding hydrogens is 294 g/mol. The van der Waals surface area contributed by atoms with E-state index in [1.54, 1.807) is 24.2 Å². The highest BCUT2D eigenvalue weighted by atomic mass is 16.5. The summed E-state index contributed by atoms with van der Waals surface area (Å²) in [5.41, 5.74) is 2.67. The molecule has 23 heavy (non-hydrogen) atoms. The summed E-state index contributed by atoms with van der Waals surface area (Å²) < 4.78 is 6.71. The third-order valence-electron chi connectivity index (χ3n) is 4.22. The molecule has 7 nitrogen and oxygen atoms in total. The first kappa shape index (κ1) is 15.6. The van der Waals surface area contributed by atoms with E-state index in [0.29, 0.717) is 6.54 Å². The van der Waals surface area contributed by atoms with E-state index < -0.39 is 0 Å². The zero-order chi connectivity index (χ0) is 16.2. The van der Waals surface area contributed by atoms with Gasteiger partial charge < -0.3 is 9.64 Å². The number of hydrogen-bond donors (Lipinski definition) is 0. The molecule has 1 saturated heterocycles. The van der Waals surface area contributed by atoms with Gasteiger partial charge >= 0.3 is 0 Å². The van der Waals surface area contributed by atoms with E-state index in [-0.39, 0.29) is 18.4 Å². The number of aryl methyl sites for hydroxylation is 1. The van der Waals surface area contributed by atoms with Gasteiger partial charge in [-0.25, -0.2) is 0 Å². The molecule has 0 spiro atoms. The van der Waals surface area contributed by atoms with Crippen molar-refractivity contribution in [1.29, 1.82) is 0 Å². The van der Waals surface area contributed by atoms with Crippen molar-refractivity contribution >= 4 is 5.91 Å². The molecule has 1 aliphatic heterocycles. The minimum absolute atomic E-state index is 0.0386. The fourth-order valence-electron chi connectivity index (χ4n) is 2.97. The quantitative estimate of drug-likeness (QED) is 0.848. The smallest absolute Gasteiger partial charge is 0.248 e. The number of carbonyl (C=O) groups excluding carboxylic acids is 1. The number of carbonyl (C=O) groups is 1. The van der Waals surface area contributed by atoms with Crippen molar-refractivity contribution in [2.24, 2.45) is 7.05 Å². The number of likely N-dealkylation sites (tertiary alicyclic amines) is 1. The highest BCUT2D eigenvalue weighted by molar-refractivity contribution is 5.77. The van der Waals surface area contributed by atoms with Gasteiger partial charge in [-0.15, -0.1) is 0 Å². The molecule has 7 heteroatoms. The molecule has 122 valence electrons. The van der Waals surface area contributed by atoms with Gasteiger partial charge in [0.1, 0.15) is 12.3 Å². The molecule has 3 heterocycles. The summed E-state index contributed by atoms with van der Waals surface area (Å²) in [6, 6.07) is 1.91. The van der Waals surface area contributed by atoms with Gasteiger partial charge in [0.05, 0.1) is 17.6 Å². The topological polar surface area (TPSA) is 73.1 Å². The molecule has 3 rings (SSSR count). The van der Waals surface area contributed by atoms with Gasteiger partial charge in [-0.2, -0.15) is 5.10 Å². The van der Waals surface area contributed by atoms with Crippen LogP contribution in [0.2, 0.25) is 0 Å². The second-order valence-electron chi connectivity index (χ2n) is 5.78. The third-order valence-corrected chi connectivity index (χ3v) is 4.22. The van der Waals surface area contributed by atoms with Crippen LogP contribution in [0, 0.1) is 0 Å². The standard InChI is InChI=1S/C16H21N5O2/c1-20-15(5-6-19-20)14-9-17-13(8-18-14)12-4-3-7-21(10-12)16(22)11-23-2/h5-6,8-9,12H,3-4,7,10-11H2,1-2H3/t12-/m1/s1. The fraction of sp³-hybridized carbons (Fsp3) is 0.500. The molecule has 0 aliphatic carbocycles. The van der Waals surface area contributed by atoms with Crippen molar-refractivity contribution in [3.05, 3.63) is 30.4 Å². The summed E-state index contributed by atoms with van der Waals surface area (Å²) in [6.07, 6.45) is 7.34. The van der Waals surface area contributed by atoms with E-state index in [1.807, 2.05) is 24.2 Å². The van der Waals surface area contributed by atoms with Gasteiger partial charge in [0.15, 0.2) is 0 Å². The number of amides is 1. The van der Waals surface area contributed by atoms with E-state index in [1.165, 1.54) is 0 Å². The lowest BCUT2D eigenvalue weighted by Gasteiger charge is -2.32. The normalized spacial score (nSPS) is 18.2. The zero-order valence-electron chi connectivity index (χ0n) is 13.5. The molecule has 0 unspecified atom stereocenters. The summed E-state index contributed by atoms with van der Waals surface area (Å²) in [6.45, 7) is 1.61. The SMILES string of the molecule is COCC(=O)N1CCC[C@@H](c2cnc(-c3ccnn3C)cn2)C1. The Morgan fingerprint density at radius 3 is 2.91 bits per heavy atom. The Morgan fingerprint density at radius 2 is 2.26 bits per heavy atom. The van der Waals surface area contributed by atoms with Crippen LogP contribution in [0.1, 0.15) is 24.5 Å². The number of nitrogens with zero attached hydrogens (tertiary/aromatic N) is 5. The number of ether oxygens (including phenoxy) is 1. The largest absolute Gasteiger partial charge is 0.375 e. The van der Waals surface area contributed by atoms with Gasteiger partial charge in [-0.1, -0.05) is 0 Å². The lowest BCUT2D eigenvalue weighted by atomic mass is 9.95. The molecule has 0 N–H and O–H groups in total. The molecular formula is C16H21N5O2. The second kappa shape index (κ2) is 6.87. The minimum atomic E-state index is 0.0386. The molecule has 0 saturated carbocycles. The van der Waals surface area contributed by atoms with Gasteiger partial charge in [0.2, 0.25) is 5.91 Å². The number of aromatic nitrogens is 4. The number of methoxy groups -OCH3 is 1. The van der Waals surface area contributed by atoms with E-state index in [2.05, 4.69) is 15.1 Å². The van der Waals surface area contributed by atoms with Crippen molar-refractivity contribution in [3.63, 3.8) is 0 Å². The second-order valence-corrected chi connectivity index (χ2v) is 5.78. The Labute approximate surface area is 135 Å². The van der Waals surface area contributed by atoms with Gasteiger partial charge in [-0.05, 0) is 18.9 Å². The van der Waals surface area contributed by atoms with Crippen molar-refractivity contribution < 1.29 is 9.53 Å². The van der Waals surface area contributed by atoms with Gasteiger partial charge in [0.25, 0.3) is 0 Å². The van der Waals surface area contributed by atoms with Crippen molar-refractivity contribution in [3.8, 4) is 11.4 Å². The monoisotopic (exact) mass is 315 g/mol. The van der Waals surface area contributed by atoms with Crippen LogP contribution in [0.5, 0.6) is 0 Å². The van der Waals surface area contributed by atoms with Gasteiger partial charge in [0, 0.05) is 45.6 Å². The highest BCUT2D eigenvalue weighted by Crippen LogP contribution is 2.26. The number of piperidine rings is 1. The van der Waals surface area contributed by atoms with Crippen LogP contribution >= 0.6 is 0 Å². The van der Waals surface area contributed by atoms with E-state index in [9.17, 15) is 4.79 Å².